The lowest BCUT2D eigenvalue weighted by molar-refractivity contribution is 0.916. The van der Waals surface area contributed by atoms with Crippen molar-refractivity contribution < 1.29 is 0 Å². The Balaban J connectivity index is 0.000000158. The normalized spacial score (nSPS) is 10.8. The summed E-state index contributed by atoms with van der Waals surface area (Å²) in [5, 5.41) is 1.28. The van der Waals surface area contributed by atoms with E-state index < -0.39 is 0 Å². The molecule has 2 aromatic heterocycles. The van der Waals surface area contributed by atoms with Crippen molar-refractivity contribution in [2.75, 3.05) is 0 Å². The summed E-state index contributed by atoms with van der Waals surface area (Å²) in [6, 6.07) is 30.4. The standard InChI is InChI=1S/C16H14N2OS.C15H12N2OS/c1-2-11-7-3-6-10-14(11)18-15(19)12-8-4-5-9-13(12)17-16(18)20;1-10-6-2-5-9-13(10)17-14(18)11-7-3-4-8-12(11)16-15(17)19/h3-10H,2H2,1H3,(H,17,20);2-9H,1H3,(H,16,19). The molecule has 6 nitrogen and oxygen atoms in total. The Morgan fingerprint density at radius 3 is 1.59 bits per heavy atom. The predicted octanol–water partition coefficient (Wildman–Crippen LogP) is 6.97. The van der Waals surface area contributed by atoms with Gasteiger partial charge in [-0.25, -0.2) is 0 Å². The Morgan fingerprint density at radius 1 is 0.615 bits per heavy atom. The smallest absolute Gasteiger partial charge is 0.266 e. The SMILES string of the molecule is CCc1ccccc1-n1c(=S)[nH]c2ccccc2c1=O.Cc1ccccc1-n1c(=S)[nH]c2ccccc2c1=O. The zero-order valence-electron chi connectivity index (χ0n) is 21.5. The predicted molar refractivity (Wildman–Crippen MR) is 164 cm³/mol. The van der Waals surface area contributed by atoms with E-state index in [2.05, 4.69) is 16.9 Å². The van der Waals surface area contributed by atoms with Gasteiger partial charge in [0, 0.05) is 0 Å². The molecular formula is C31H26N4O2S2. The minimum Gasteiger partial charge on any atom is -0.331 e. The van der Waals surface area contributed by atoms with Crippen molar-refractivity contribution in [1.29, 1.82) is 0 Å². The highest BCUT2D eigenvalue weighted by molar-refractivity contribution is 7.71. The van der Waals surface area contributed by atoms with Gasteiger partial charge >= 0.3 is 0 Å². The molecule has 0 spiro atoms. The average Bonchev–Trinajstić information content (AvgIpc) is 2.95. The van der Waals surface area contributed by atoms with Crippen molar-refractivity contribution in [1.82, 2.24) is 19.1 Å². The first-order valence-electron chi connectivity index (χ1n) is 12.5. The molecule has 6 aromatic rings. The highest BCUT2D eigenvalue weighted by Gasteiger charge is 2.10. The van der Waals surface area contributed by atoms with Crippen molar-refractivity contribution in [3.05, 3.63) is 138 Å². The molecule has 0 aliphatic heterocycles. The van der Waals surface area contributed by atoms with E-state index in [1.165, 1.54) is 0 Å². The Hall–Kier alpha value is -4.40. The Kier molecular flexibility index (Phi) is 7.49. The van der Waals surface area contributed by atoms with Crippen molar-refractivity contribution in [3.63, 3.8) is 0 Å². The van der Waals surface area contributed by atoms with Crippen LogP contribution in [0.4, 0.5) is 0 Å². The summed E-state index contributed by atoms with van der Waals surface area (Å²) in [5.74, 6) is 0. The van der Waals surface area contributed by atoms with E-state index in [4.69, 9.17) is 24.4 Å². The molecule has 2 N–H and O–H groups in total. The summed E-state index contributed by atoms with van der Waals surface area (Å²) in [7, 11) is 0. The second-order valence-electron chi connectivity index (χ2n) is 9.00. The Bertz CT molecular complexity index is 2070. The third-order valence-electron chi connectivity index (χ3n) is 6.58. The summed E-state index contributed by atoms with van der Waals surface area (Å²) in [4.78, 5) is 31.5. The van der Waals surface area contributed by atoms with Gasteiger partial charge in [-0.2, -0.15) is 0 Å². The monoisotopic (exact) mass is 550 g/mol. The van der Waals surface area contributed by atoms with Gasteiger partial charge in [-0.15, -0.1) is 0 Å². The molecule has 0 aliphatic rings. The molecule has 0 bridgehead atoms. The number of benzene rings is 4. The van der Waals surface area contributed by atoms with Crippen LogP contribution in [0.15, 0.2) is 107 Å². The molecule has 0 amide bonds. The number of hydrogen-bond acceptors (Lipinski definition) is 4. The second kappa shape index (κ2) is 11.1. The first-order valence-corrected chi connectivity index (χ1v) is 13.3. The summed E-state index contributed by atoms with van der Waals surface area (Å²) in [5.41, 5.74) is 5.16. The molecule has 39 heavy (non-hydrogen) atoms. The third-order valence-corrected chi connectivity index (χ3v) is 7.15. The lowest BCUT2D eigenvalue weighted by Gasteiger charge is -2.11. The van der Waals surface area contributed by atoms with Crippen LogP contribution in [-0.2, 0) is 6.42 Å². The van der Waals surface area contributed by atoms with E-state index in [-0.39, 0.29) is 11.1 Å². The molecule has 0 fully saturated rings. The van der Waals surface area contributed by atoms with Crippen LogP contribution in [-0.4, -0.2) is 19.1 Å². The van der Waals surface area contributed by atoms with E-state index in [1.807, 2.05) is 97.9 Å². The molecule has 194 valence electrons. The molecule has 8 heteroatoms. The number of aryl methyl sites for hydroxylation is 2. The van der Waals surface area contributed by atoms with Crippen LogP contribution in [0.25, 0.3) is 33.2 Å². The molecule has 0 saturated carbocycles. The molecule has 4 aromatic carbocycles. The highest BCUT2D eigenvalue weighted by Crippen LogP contribution is 2.16. The van der Waals surface area contributed by atoms with Gasteiger partial charge in [0.2, 0.25) is 0 Å². The number of nitrogens with zero attached hydrogens (tertiary/aromatic N) is 2. The molecule has 0 atom stereocenters. The number of para-hydroxylation sites is 4. The van der Waals surface area contributed by atoms with Gasteiger partial charge < -0.3 is 9.97 Å². The number of fused-ring (bicyclic) bond motifs is 2. The van der Waals surface area contributed by atoms with Crippen molar-refractivity contribution in [2.45, 2.75) is 20.3 Å². The minimum atomic E-state index is -0.0892. The van der Waals surface area contributed by atoms with E-state index >= 15 is 0 Å². The Morgan fingerprint density at radius 2 is 1.05 bits per heavy atom. The quantitative estimate of drug-likeness (QED) is 0.233. The maximum Gasteiger partial charge on any atom is 0.266 e. The van der Waals surface area contributed by atoms with Crippen LogP contribution < -0.4 is 11.1 Å². The second-order valence-corrected chi connectivity index (χ2v) is 9.77. The summed E-state index contributed by atoms with van der Waals surface area (Å²) < 4.78 is 3.97. The van der Waals surface area contributed by atoms with Crippen LogP contribution in [0.2, 0.25) is 0 Å². The molecule has 2 heterocycles. The number of rotatable bonds is 3. The van der Waals surface area contributed by atoms with Gasteiger partial charge in [-0.3, -0.25) is 18.7 Å². The van der Waals surface area contributed by atoms with Crippen LogP contribution >= 0.6 is 24.4 Å². The Labute approximate surface area is 234 Å². The molecule has 0 aliphatic carbocycles. The van der Waals surface area contributed by atoms with Gasteiger partial charge in [0.05, 0.1) is 33.2 Å². The van der Waals surface area contributed by atoms with E-state index in [1.54, 1.807) is 15.2 Å². The lowest BCUT2D eigenvalue weighted by atomic mass is 10.1. The number of hydrogen-bond donors (Lipinski definition) is 2. The summed E-state index contributed by atoms with van der Waals surface area (Å²) in [6.45, 7) is 4.03. The zero-order chi connectivity index (χ0) is 27.5. The van der Waals surface area contributed by atoms with Crippen molar-refractivity contribution in [2.24, 2.45) is 0 Å². The van der Waals surface area contributed by atoms with Crippen LogP contribution in [0.3, 0.4) is 0 Å². The van der Waals surface area contributed by atoms with Gasteiger partial charge in [0.15, 0.2) is 9.54 Å². The topological polar surface area (TPSA) is 75.6 Å². The van der Waals surface area contributed by atoms with Gasteiger partial charge in [0.25, 0.3) is 11.1 Å². The number of H-pyrrole nitrogens is 2. The molecular weight excluding hydrogens is 525 g/mol. The average molecular weight is 551 g/mol. The van der Waals surface area contributed by atoms with Crippen molar-refractivity contribution >= 4 is 46.2 Å². The van der Waals surface area contributed by atoms with Crippen LogP contribution in [0, 0.1) is 16.5 Å². The zero-order valence-corrected chi connectivity index (χ0v) is 23.1. The fourth-order valence-electron chi connectivity index (χ4n) is 4.60. The fourth-order valence-corrected chi connectivity index (χ4v) is 5.19. The van der Waals surface area contributed by atoms with Gasteiger partial charge in [-0.05, 0) is 85.3 Å². The molecule has 0 radical (unpaired) electrons. The van der Waals surface area contributed by atoms with E-state index in [0.29, 0.717) is 20.3 Å². The molecule has 0 saturated heterocycles. The van der Waals surface area contributed by atoms with Gasteiger partial charge in [0.1, 0.15) is 0 Å². The minimum absolute atomic E-state index is 0.0785. The molecule has 6 rings (SSSR count). The maximum absolute atomic E-state index is 12.7. The van der Waals surface area contributed by atoms with Crippen LogP contribution in [0.1, 0.15) is 18.1 Å². The van der Waals surface area contributed by atoms with Gasteiger partial charge in [-0.1, -0.05) is 67.6 Å². The largest absolute Gasteiger partial charge is 0.331 e. The van der Waals surface area contributed by atoms with Crippen molar-refractivity contribution in [3.8, 4) is 11.4 Å². The van der Waals surface area contributed by atoms with E-state index in [9.17, 15) is 9.59 Å². The summed E-state index contributed by atoms with van der Waals surface area (Å²) in [6.07, 6.45) is 0.851. The molecule has 0 unspecified atom stereocenters. The summed E-state index contributed by atoms with van der Waals surface area (Å²) >= 11 is 10.7. The number of aromatic amines is 2. The first-order chi connectivity index (χ1) is 18.9. The van der Waals surface area contributed by atoms with E-state index in [0.717, 1.165) is 40.0 Å². The fraction of sp³-hybridized carbons (Fsp3) is 0.0968. The third kappa shape index (κ3) is 5.04. The first kappa shape index (κ1) is 26.2. The lowest BCUT2D eigenvalue weighted by Crippen LogP contribution is -2.21. The number of aromatic nitrogens is 4. The number of nitrogens with one attached hydrogen (secondary N) is 2. The van der Waals surface area contributed by atoms with Crippen LogP contribution in [0.5, 0.6) is 0 Å². The maximum atomic E-state index is 12.7. The highest BCUT2D eigenvalue weighted by atomic mass is 32.1.